The van der Waals surface area contributed by atoms with E-state index < -0.39 is 6.09 Å². The van der Waals surface area contributed by atoms with Crippen LogP contribution in [0.25, 0.3) is 16.9 Å². The van der Waals surface area contributed by atoms with E-state index in [1.54, 1.807) is 18.0 Å². The van der Waals surface area contributed by atoms with E-state index in [4.69, 9.17) is 9.84 Å². The van der Waals surface area contributed by atoms with Crippen LogP contribution in [0.3, 0.4) is 0 Å². The van der Waals surface area contributed by atoms with Gasteiger partial charge in [-0.3, -0.25) is 0 Å². The number of nitrogens with zero attached hydrogens (tertiary/aromatic N) is 6. The molecule has 154 valence electrons. The van der Waals surface area contributed by atoms with Crippen molar-refractivity contribution in [1.82, 2.24) is 29.9 Å². The van der Waals surface area contributed by atoms with Crippen LogP contribution < -0.4 is 10.1 Å². The van der Waals surface area contributed by atoms with E-state index in [1.165, 1.54) is 39.8 Å². The Morgan fingerprint density at radius 1 is 1.24 bits per heavy atom. The van der Waals surface area contributed by atoms with Crippen LogP contribution in [0, 0.1) is 0 Å². The Balaban J connectivity index is 0.000000353. The summed E-state index contributed by atoms with van der Waals surface area (Å²) in [6.45, 7) is 0. The van der Waals surface area contributed by atoms with Crippen molar-refractivity contribution in [3.05, 3.63) is 30.5 Å². The number of ether oxygens (including phenoxy) is 1. The van der Waals surface area contributed by atoms with Crippen molar-refractivity contribution in [2.24, 2.45) is 0 Å². The highest BCUT2D eigenvalue weighted by atomic mass is 16.5. The Morgan fingerprint density at radius 3 is 2.48 bits per heavy atom. The van der Waals surface area contributed by atoms with Gasteiger partial charge in [0.25, 0.3) is 0 Å². The van der Waals surface area contributed by atoms with Gasteiger partial charge in [-0.1, -0.05) is 18.1 Å². The van der Waals surface area contributed by atoms with Gasteiger partial charge in [-0.15, -0.1) is 5.10 Å². The van der Waals surface area contributed by atoms with Crippen molar-refractivity contribution in [2.45, 2.75) is 31.7 Å². The molecule has 3 aromatic rings. The highest BCUT2D eigenvalue weighted by Gasteiger charge is 2.17. The number of methoxy groups -OCH3 is 1. The number of hydrogen-bond donors (Lipinski definition) is 2. The summed E-state index contributed by atoms with van der Waals surface area (Å²) in [6, 6.07) is 8.11. The van der Waals surface area contributed by atoms with Crippen molar-refractivity contribution in [2.75, 3.05) is 26.5 Å². The normalized spacial score (nSPS) is 13.6. The van der Waals surface area contributed by atoms with Crippen LogP contribution in [0.2, 0.25) is 0 Å². The van der Waals surface area contributed by atoms with Crippen molar-refractivity contribution in [3.63, 3.8) is 0 Å². The monoisotopic (exact) mass is 399 g/mol. The average molecular weight is 399 g/mol. The Labute approximate surface area is 168 Å². The summed E-state index contributed by atoms with van der Waals surface area (Å²) in [4.78, 5) is 19.7. The van der Waals surface area contributed by atoms with Crippen LogP contribution in [0.4, 0.5) is 10.7 Å². The topological polar surface area (TPSA) is 118 Å². The van der Waals surface area contributed by atoms with Crippen molar-refractivity contribution in [1.29, 1.82) is 0 Å². The first-order chi connectivity index (χ1) is 14.0. The van der Waals surface area contributed by atoms with Crippen molar-refractivity contribution < 1.29 is 14.6 Å². The minimum absolute atomic E-state index is 0.470. The molecule has 0 atom stereocenters. The van der Waals surface area contributed by atoms with Crippen LogP contribution in [-0.4, -0.2) is 68.3 Å². The molecule has 1 fully saturated rings. The van der Waals surface area contributed by atoms with Gasteiger partial charge < -0.3 is 20.1 Å². The molecule has 0 spiro atoms. The first-order valence-corrected chi connectivity index (χ1v) is 9.37. The van der Waals surface area contributed by atoms with Crippen LogP contribution in [0.5, 0.6) is 5.75 Å². The maximum Gasteiger partial charge on any atom is 0.406 e. The third-order valence-electron chi connectivity index (χ3n) is 4.58. The lowest BCUT2D eigenvalue weighted by Crippen LogP contribution is -2.18. The molecule has 10 heteroatoms. The van der Waals surface area contributed by atoms with Crippen LogP contribution in [0.15, 0.2) is 30.5 Å². The summed E-state index contributed by atoms with van der Waals surface area (Å²) in [5, 5.41) is 19.7. The molecule has 29 heavy (non-hydrogen) atoms. The predicted molar refractivity (Wildman–Crippen MR) is 109 cm³/mol. The summed E-state index contributed by atoms with van der Waals surface area (Å²) in [6.07, 6.45) is 5.70. The Morgan fingerprint density at radius 2 is 1.90 bits per heavy atom. The zero-order valence-corrected chi connectivity index (χ0v) is 16.7. The van der Waals surface area contributed by atoms with Gasteiger partial charge in [-0.2, -0.15) is 9.67 Å². The number of anilines is 1. The van der Waals surface area contributed by atoms with E-state index in [2.05, 4.69) is 25.6 Å². The van der Waals surface area contributed by atoms with E-state index in [9.17, 15) is 4.79 Å². The molecule has 2 heterocycles. The molecule has 0 saturated heterocycles. The summed E-state index contributed by atoms with van der Waals surface area (Å²) >= 11 is 0. The zero-order chi connectivity index (χ0) is 20.8. The number of nitrogens with one attached hydrogen (secondary N) is 1. The van der Waals surface area contributed by atoms with Gasteiger partial charge in [0.2, 0.25) is 5.95 Å². The number of aromatic nitrogens is 5. The van der Waals surface area contributed by atoms with E-state index in [-0.39, 0.29) is 0 Å². The lowest BCUT2D eigenvalue weighted by molar-refractivity contribution is 0.165. The number of fused-ring (bicyclic) bond motifs is 1. The molecule has 0 unspecified atom stereocenters. The van der Waals surface area contributed by atoms with Crippen LogP contribution in [0.1, 0.15) is 25.7 Å². The molecule has 4 rings (SSSR count). The molecule has 0 bridgehead atoms. The molecule has 1 amide bonds. The molecule has 2 N–H and O–H groups in total. The molecule has 10 nitrogen and oxygen atoms in total. The minimum Gasteiger partial charge on any atom is -0.497 e. The average Bonchev–Trinajstić information content (AvgIpc) is 3.38. The van der Waals surface area contributed by atoms with Gasteiger partial charge in [0, 0.05) is 20.1 Å². The summed E-state index contributed by atoms with van der Waals surface area (Å²) in [7, 11) is 4.60. The molecule has 0 radical (unpaired) electrons. The van der Waals surface area contributed by atoms with Gasteiger partial charge >= 0.3 is 6.09 Å². The number of benzene rings is 1. The predicted octanol–water partition coefficient (Wildman–Crippen LogP) is 2.80. The Bertz CT molecular complexity index is 950. The fourth-order valence-corrected chi connectivity index (χ4v) is 2.95. The molecule has 1 saturated carbocycles. The fourth-order valence-electron chi connectivity index (χ4n) is 2.95. The first-order valence-electron chi connectivity index (χ1n) is 9.37. The van der Waals surface area contributed by atoms with Gasteiger partial charge in [-0.25, -0.2) is 9.78 Å². The Kier molecular flexibility index (Phi) is 6.43. The summed E-state index contributed by atoms with van der Waals surface area (Å²) in [5.41, 5.74) is 2.27. The van der Waals surface area contributed by atoms with E-state index >= 15 is 0 Å². The van der Waals surface area contributed by atoms with Gasteiger partial charge in [0.15, 0.2) is 11.2 Å². The second-order valence-corrected chi connectivity index (χ2v) is 6.90. The third-order valence-corrected chi connectivity index (χ3v) is 4.58. The number of hydrogen-bond acceptors (Lipinski definition) is 7. The standard InChI is InChI=1S/C16H18N6O.C3H7NO2/c1-23-13-8-6-12(7-9-13)22-15-14(20-21-22)10-17-16(19-15)18-11-4-2-3-5-11;1-4(2)3(5)6/h6-11H,2-5H2,1H3,(H,17,18,19);1-2H3,(H,5,6). The summed E-state index contributed by atoms with van der Waals surface area (Å²) in [5.74, 6) is 1.44. The van der Waals surface area contributed by atoms with Gasteiger partial charge in [0.05, 0.1) is 19.0 Å². The van der Waals surface area contributed by atoms with Crippen molar-refractivity contribution >= 4 is 23.2 Å². The lowest BCUT2D eigenvalue weighted by Gasteiger charge is -2.11. The number of carboxylic acid groups (broad SMARTS) is 1. The van der Waals surface area contributed by atoms with E-state index in [0.29, 0.717) is 23.2 Å². The summed E-state index contributed by atoms with van der Waals surface area (Å²) < 4.78 is 6.91. The second kappa shape index (κ2) is 9.18. The molecular formula is C19H25N7O3. The lowest BCUT2D eigenvalue weighted by atomic mass is 10.2. The second-order valence-electron chi connectivity index (χ2n) is 6.90. The molecule has 2 aromatic heterocycles. The highest BCUT2D eigenvalue weighted by Crippen LogP contribution is 2.22. The molecule has 1 aliphatic carbocycles. The Hall–Kier alpha value is -3.43. The van der Waals surface area contributed by atoms with E-state index in [0.717, 1.165) is 16.3 Å². The number of carbonyl (C=O) groups is 1. The van der Waals surface area contributed by atoms with E-state index in [1.807, 2.05) is 24.3 Å². The quantitative estimate of drug-likeness (QED) is 0.687. The largest absolute Gasteiger partial charge is 0.497 e. The molecular weight excluding hydrogens is 374 g/mol. The van der Waals surface area contributed by atoms with Gasteiger partial charge in [0.1, 0.15) is 5.75 Å². The third kappa shape index (κ3) is 5.09. The SMILES string of the molecule is CN(C)C(=O)O.COc1ccc(-n2nnc3cnc(NC4CCCC4)nc32)cc1. The molecule has 1 aromatic carbocycles. The number of rotatable bonds is 4. The van der Waals surface area contributed by atoms with Gasteiger partial charge in [-0.05, 0) is 37.1 Å². The number of amides is 1. The van der Waals surface area contributed by atoms with Crippen molar-refractivity contribution in [3.8, 4) is 11.4 Å². The van der Waals surface area contributed by atoms with Crippen LogP contribution in [-0.2, 0) is 0 Å². The maximum atomic E-state index is 9.62. The first kappa shape index (κ1) is 20.3. The molecule has 1 aliphatic rings. The molecule has 0 aliphatic heterocycles. The minimum atomic E-state index is -0.907. The fraction of sp³-hybridized carbons (Fsp3) is 0.421. The maximum absolute atomic E-state index is 9.62. The zero-order valence-electron chi connectivity index (χ0n) is 16.7. The highest BCUT2D eigenvalue weighted by molar-refractivity contribution is 5.72. The smallest absolute Gasteiger partial charge is 0.406 e. The van der Waals surface area contributed by atoms with Crippen LogP contribution >= 0.6 is 0 Å².